The smallest absolute Gasteiger partial charge is 0.260 e. The molecule has 0 radical (unpaired) electrons. The number of hydrogen-bond acceptors (Lipinski definition) is 3. The Kier molecular flexibility index (Phi) is 3.36. The van der Waals surface area contributed by atoms with Crippen LogP contribution in [0.3, 0.4) is 0 Å². The number of fused-ring (bicyclic) bond motifs is 1. The number of nitrogens with one attached hydrogen (secondary N) is 1. The molecule has 1 aliphatic rings. The molecule has 2 aromatic carbocycles. The first kappa shape index (κ1) is 13.2. The molecule has 1 aliphatic heterocycles. The Bertz CT molecular complexity index is 720. The van der Waals surface area contributed by atoms with Crippen LogP contribution in [-0.4, -0.2) is 20.1 Å². The van der Waals surface area contributed by atoms with E-state index >= 15 is 0 Å². The summed E-state index contributed by atoms with van der Waals surface area (Å²) in [5.41, 5.74) is 3.12. The van der Waals surface area contributed by atoms with E-state index in [1.165, 1.54) is 7.11 Å². The topological polar surface area (TPSA) is 47.6 Å². The van der Waals surface area contributed by atoms with Gasteiger partial charge in [0.05, 0.1) is 19.8 Å². The lowest BCUT2D eigenvalue weighted by Gasteiger charge is -2.10. The molecule has 2 aromatic rings. The molecule has 0 atom stereocenters. The van der Waals surface area contributed by atoms with E-state index in [4.69, 9.17) is 9.47 Å². The van der Waals surface area contributed by atoms with Crippen LogP contribution in [0.15, 0.2) is 42.5 Å². The van der Waals surface area contributed by atoms with Crippen molar-refractivity contribution < 1.29 is 14.3 Å². The van der Waals surface area contributed by atoms with Gasteiger partial charge in [0.1, 0.15) is 0 Å². The van der Waals surface area contributed by atoms with E-state index in [0.29, 0.717) is 17.1 Å². The van der Waals surface area contributed by atoms with Crippen LogP contribution in [0.25, 0.3) is 11.8 Å². The molecule has 0 bridgehead atoms. The Morgan fingerprint density at radius 2 is 1.76 bits per heavy atom. The van der Waals surface area contributed by atoms with Crippen LogP contribution in [0.4, 0.5) is 0 Å². The summed E-state index contributed by atoms with van der Waals surface area (Å²) in [7, 11) is 3.09. The minimum atomic E-state index is -0.178. The van der Waals surface area contributed by atoms with Gasteiger partial charge in [-0.25, -0.2) is 0 Å². The van der Waals surface area contributed by atoms with Gasteiger partial charge in [-0.05, 0) is 23.8 Å². The SMILES string of the molecule is COc1ccc2c(c1OC)C(=O)NC2=Cc1ccccc1. The second kappa shape index (κ2) is 5.32. The highest BCUT2D eigenvalue weighted by atomic mass is 16.5. The molecule has 1 amide bonds. The van der Waals surface area contributed by atoms with Crippen LogP contribution in [0, 0.1) is 0 Å². The van der Waals surface area contributed by atoms with Crippen molar-refractivity contribution in [2.45, 2.75) is 0 Å². The third-order valence-corrected chi connectivity index (χ3v) is 3.42. The maximum absolute atomic E-state index is 12.2. The fraction of sp³-hybridized carbons (Fsp3) is 0.118. The van der Waals surface area contributed by atoms with Crippen molar-refractivity contribution in [1.82, 2.24) is 5.32 Å². The fourth-order valence-corrected chi connectivity index (χ4v) is 2.46. The molecule has 4 nitrogen and oxygen atoms in total. The monoisotopic (exact) mass is 281 g/mol. The maximum atomic E-state index is 12.2. The first-order valence-electron chi connectivity index (χ1n) is 6.58. The van der Waals surface area contributed by atoms with Gasteiger partial charge < -0.3 is 14.8 Å². The largest absolute Gasteiger partial charge is 0.493 e. The zero-order valence-corrected chi connectivity index (χ0v) is 11.8. The Morgan fingerprint density at radius 3 is 2.43 bits per heavy atom. The summed E-state index contributed by atoms with van der Waals surface area (Å²) in [5.74, 6) is 0.833. The van der Waals surface area contributed by atoms with Gasteiger partial charge in [0.2, 0.25) is 0 Å². The molecule has 21 heavy (non-hydrogen) atoms. The molecular formula is C17H15NO3. The van der Waals surface area contributed by atoms with Crippen molar-refractivity contribution in [2.24, 2.45) is 0 Å². The molecule has 1 N–H and O–H groups in total. The predicted octanol–water partition coefficient (Wildman–Crippen LogP) is 2.95. The molecule has 0 saturated carbocycles. The summed E-state index contributed by atoms with van der Waals surface area (Å²) in [5, 5.41) is 2.88. The van der Waals surface area contributed by atoms with Gasteiger partial charge in [0.25, 0.3) is 5.91 Å². The van der Waals surface area contributed by atoms with Crippen LogP contribution < -0.4 is 14.8 Å². The van der Waals surface area contributed by atoms with Crippen LogP contribution in [-0.2, 0) is 0 Å². The number of amides is 1. The quantitative estimate of drug-likeness (QED) is 0.941. The van der Waals surface area contributed by atoms with Gasteiger partial charge in [-0.1, -0.05) is 30.3 Å². The van der Waals surface area contributed by atoms with E-state index < -0.39 is 0 Å². The van der Waals surface area contributed by atoms with Gasteiger partial charge in [-0.15, -0.1) is 0 Å². The maximum Gasteiger partial charge on any atom is 0.260 e. The lowest BCUT2D eigenvalue weighted by molar-refractivity contribution is 0.0978. The first-order chi connectivity index (χ1) is 10.2. The molecule has 0 saturated heterocycles. The molecule has 0 spiro atoms. The minimum Gasteiger partial charge on any atom is -0.493 e. The van der Waals surface area contributed by atoms with Gasteiger partial charge >= 0.3 is 0 Å². The highest BCUT2D eigenvalue weighted by Gasteiger charge is 2.29. The Hall–Kier alpha value is -2.75. The zero-order chi connectivity index (χ0) is 14.8. The molecule has 0 fully saturated rings. The summed E-state index contributed by atoms with van der Waals surface area (Å²) in [6.07, 6.45) is 1.94. The molecule has 4 heteroatoms. The number of ether oxygens (including phenoxy) is 2. The molecule has 0 unspecified atom stereocenters. The summed E-state index contributed by atoms with van der Waals surface area (Å²) < 4.78 is 10.6. The predicted molar refractivity (Wildman–Crippen MR) is 81.3 cm³/mol. The van der Waals surface area contributed by atoms with E-state index in [2.05, 4.69) is 5.32 Å². The Morgan fingerprint density at radius 1 is 1.00 bits per heavy atom. The van der Waals surface area contributed by atoms with Crippen LogP contribution in [0.1, 0.15) is 21.5 Å². The number of carbonyl (C=O) groups is 1. The molecule has 0 aliphatic carbocycles. The Balaban J connectivity index is 2.13. The van der Waals surface area contributed by atoms with E-state index in [1.807, 2.05) is 42.5 Å². The molecule has 3 rings (SSSR count). The van der Waals surface area contributed by atoms with Crippen LogP contribution in [0.5, 0.6) is 11.5 Å². The van der Waals surface area contributed by atoms with Crippen molar-refractivity contribution in [3.8, 4) is 11.5 Å². The Labute approximate surface area is 123 Å². The van der Waals surface area contributed by atoms with Crippen molar-refractivity contribution in [3.63, 3.8) is 0 Å². The van der Waals surface area contributed by atoms with Crippen LogP contribution >= 0.6 is 0 Å². The highest BCUT2D eigenvalue weighted by molar-refractivity contribution is 6.14. The van der Waals surface area contributed by atoms with Crippen molar-refractivity contribution >= 4 is 17.7 Å². The van der Waals surface area contributed by atoms with Crippen LogP contribution in [0.2, 0.25) is 0 Å². The molecular weight excluding hydrogens is 266 g/mol. The van der Waals surface area contributed by atoms with E-state index in [0.717, 1.165) is 16.8 Å². The molecule has 106 valence electrons. The van der Waals surface area contributed by atoms with E-state index in [1.54, 1.807) is 13.2 Å². The van der Waals surface area contributed by atoms with Crippen molar-refractivity contribution in [1.29, 1.82) is 0 Å². The average Bonchev–Trinajstić information content (AvgIpc) is 2.83. The van der Waals surface area contributed by atoms with E-state index in [9.17, 15) is 4.79 Å². The zero-order valence-electron chi connectivity index (χ0n) is 11.8. The summed E-state index contributed by atoms with van der Waals surface area (Å²) in [4.78, 5) is 12.2. The second-order valence-corrected chi connectivity index (χ2v) is 4.65. The first-order valence-corrected chi connectivity index (χ1v) is 6.58. The van der Waals surface area contributed by atoms with E-state index in [-0.39, 0.29) is 5.91 Å². The van der Waals surface area contributed by atoms with Gasteiger partial charge in [-0.2, -0.15) is 0 Å². The second-order valence-electron chi connectivity index (χ2n) is 4.65. The summed E-state index contributed by atoms with van der Waals surface area (Å²) in [6.45, 7) is 0. The number of methoxy groups -OCH3 is 2. The normalized spacial score (nSPS) is 14.8. The van der Waals surface area contributed by atoms with Gasteiger partial charge in [-0.3, -0.25) is 4.79 Å². The summed E-state index contributed by atoms with van der Waals surface area (Å²) >= 11 is 0. The highest BCUT2D eigenvalue weighted by Crippen LogP contribution is 2.39. The summed E-state index contributed by atoms with van der Waals surface area (Å²) in [6, 6.07) is 13.5. The molecule has 0 aromatic heterocycles. The number of hydrogen-bond donors (Lipinski definition) is 1. The van der Waals surface area contributed by atoms with Gasteiger partial charge in [0.15, 0.2) is 11.5 Å². The standard InChI is InChI=1S/C17H15NO3/c1-20-14-9-8-12-13(10-11-6-4-3-5-7-11)18-17(19)15(12)16(14)21-2/h3-10H,1-2H3,(H,18,19). The lowest BCUT2D eigenvalue weighted by atomic mass is 10.0. The number of carbonyl (C=O) groups excluding carboxylic acids is 1. The lowest BCUT2D eigenvalue weighted by Crippen LogP contribution is -2.13. The number of benzene rings is 2. The van der Waals surface area contributed by atoms with Crippen molar-refractivity contribution in [2.75, 3.05) is 14.2 Å². The number of rotatable bonds is 3. The third kappa shape index (κ3) is 2.25. The average molecular weight is 281 g/mol. The van der Waals surface area contributed by atoms with Gasteiger partial charge in [0, 0.05) is 11.3 Å². The van der Waals surface area contributed by atoms with Crippen molar-refractivity contribution in [3.05, 3.63) is 59.2 Å². The third-order valence-electron chi connectivity index (χ3n) is 3.42. The minimum absolute atomic E-state index is 0.178. The molecule has 1 heterocycles. The fourth-order valence-electron chi connectivity index (χ4n) is 2.46.